The number of nitrogens with two attached hydrogens (primary N) is 1. The topological polar surface area (TPSA) is 85.9 Å². The first-order chi connectivity index (χ1) is 13.5. The number of thioether (sulfide) groups is 1. The second kappa shape index (κ2) is 9.01. The number of carbonyl (C=O) groups excluding carboxylic acids is 1. The summed E-state index contributed by atoms with van der Waals surface area (Å²) < 4.78 is 11.1. The first-order valence-corrected chi connectivity index (χ1v) is 10.2. The highest BCUT2D eigenvalue weighted by Crippen LogP contribution is 2.36. The second-order valence-corrected chi connectivity index (χ2v) is 7.76. The van der Waals surface area contributed by atoms with Crippen molar-refractivity contribution in [2.75, 3.05) is 24.3 Å². The Morgan fingerprint density at radius 1 is 1.21 bits per heavy atom. The molecule has 0 bridgehead atoms. The highest BCUT2D eigenvalue weighted by Gasteiger charge is 2.29. The molecule has 6 nitrogen and oxygen atoms in total. The molecule has 2 aromatic rings. The minimum absolute atomic E-state index is 0.0748. The number of anilines is 1. The minimum Gasteiger partial charge on any atom is -0.494 e. The summed E-state index contributed by atoms with van der Waals surface area (Å²) in [6.45, 7) is 4.53. The van der Waals surface area contributed by atoms with E-state index in [9.17, 15) is 4.79 Å². The lowest BCUT2D eigenvalue weighted by Crippen LogP contribution is -2.28. The summed E-state index contributed by atoms with van der Waals surface area (Å²) in [7, 11) is 0. The maximum absolute atomic E-state index is 12.2. The molecule has 1 aliphatic heterocycles. The number of amides is 1. The smallest absolute Gasteiger partial charge is 0.262 e. The standard InChI is InChI=1S/C21H25N3O3S/c1-3-26-17-9-7-16(8-10-17)23-19(25)14-27-18-6-4-5-15(13-18)21(2)11-12-28-20(22)24-21/h4-10,13H,3,11-12,14H2,1-2H3,(H2,22,24)(H,23,25). The molecule has 148 valence electrons. The normalized spacial score (nSPS) is 18.9. The molecule has 7 heteroatoms. The van der Waals surface area contributed by atoms with E-state index in [1.54, 1.807) is 23.9 Å². The number of aliphatic imine (C=N–C) groups is 1. The van der Waals surface area contributed by atoms with Crippen molar-refractivity contribution in [2.45, 2.75) is 25.8 Å². The average Bonchev–Trinajstić information content (AvgIpc) is 2.68. The molecule has 28 heavy (non-hydrogen) atoms. The summed E-state index contributed by atoms with van der Waals surface area (Å²) in [5.74, 6) is 2.11. The number of nitrogens with zero attached hydrogens (tertiary/aromatic N) is 1. The zero-order valence-corrected chi connectivity index (χ0v) is 16.9. The van der Waals surface area contributed by atoms with Gasteiger partial charge in [-0.2, -0.15) is 0 Å². The summed E-state index contributed by atoms with van der Waals surface area (Å²) in [6.07, 6.45) is 0.903. The predicted molar refractivity (Wildman–Crippen MR) is 114 cm³/mol. The Balaban J connectivity index is 1.58. The fraction of sp³-hybridized carbons (Fsp3) is 0.333. The van der Waals surface area contributed by atoms with E-state index in [1.807, 2.05) is 43.3 Å². The monoisotopic (exact) mass is 399 g/mol. The zero-order chi connectivity index (χ0) is 20.0. The van der Waals surface area contributed by atoms with Crippen molar-refractivity contribution in [2.24, 2.45) is 10.7 Å². The van der Waals surface area contributed by atoms with Gasteiger partial charge in [0.05, 0.1) is 12.1 Å². The van der Waals surface area contributed by atoms with E-state index in [0.29, 0.717) is 23.2 Å². The maximum atomic E-state index is 12.2. The third-order valence-corrected chi connectivity index (χ3v) is 5.27. The van der Waals surface area contributed by atoms with Gasteiger partial charge in [0, 0.05) is 11.4 Å². The number of rotatable bonds is 7. The Morgan fingerprint density at radius 3 is 2.71 bits per heavy atom. The van der Waals surface area contributed by atoms with E-state index in [4.69, 9.17) is 15.2 Å². The van der Waals surface area contributed by atoms with Gasteiger partial charge in [0.25, 0.3) is 5.91 Å². The van der Waals surface area contributed by atoms with Crippen LogP contribution in [0.15, 0.2) is 53.5 Å². The molecule has 0 aliphatic carbocycles. The van der Waals surface area contributed by atoms with Gasteiger partial charge in [-0.15, -0.1) is 0 Å². The quantitative estimate of drug-likeness (QED) is 0.740. The second-order valence-electron chi connectivity index (χ2n) is 6.64. The highest BCUT2D eigenvalue weighted by molar-refractivity contribution is 8.13. The molecular formula is C21H25N3O3S. The van der Waals surface area contributed by atoms with Crippen molar-refractivity contribution in [1.82, 2.24) is 0 Å². The highest BCUT2D eigenvalue weighted by atomic mass is 32.2. The number of hydrogen-bond acceptors (Lipinski definition) is 6. The molecule has 3 N–H and O–H groups in total. The van der Waals surface area contributed by atoms with E-state index in [1.165, 1.54) is 0 Å². The molecule has 3 rings (SSSR count). The molecule has 1 aliphatic rings. The average molecular weight is 400 g/mol. The van der Waals surface area contributed by atoms with Gasteiger partial charge in [-0.1, -0.05) is 23.9 Å². The van der Waals surface area contributed by atoms with Crippen LogP contribution in [0.1, 0.15) is 25.8 Å². The molecule has 0 saturated carbocycles. The Labute approximate surface area is 169 Å². The van der Waals surface area contributed by atoms with E-state index >= 15 is 0 Å². The summed E-state index contributed by atoms with van der Waals surface area (Å²) in [5, 5.41) is 3.42. The number of carbonyl (C=O) groups is 1. The number of ether oxygens (including phenoxy) is 2. The van der Waals surface area contributed by atoms with Gasteiger partial charge < -0.3 is 20.5 Å². The van der Waals surface area contributed by atoms with Crippen molar-refractivity contribution < 1.29 is 14.3 Å². The van der Waals surface area contributed by atoms with Gasteiger partial charge in [-0.05, 0) is 62.2 Å². The lowest BCUT2D eigenvalue weighted by molar-refractivity contribution is -0.118. The number of hydrogen-bond donors (Lipinski definition) is 2. The van der Waals surface area contributed by atoms with Crippen molar-refractivity contribution in [3.05, 3.63) is 54.1 Å². The molecule has 1 heterocycles. The van der Waals surface area contributed by atoms with Gasteiger partial charge in [-0.25, -0.2) is 0 Å². The fourth-order valence-corrected chi connectivity index (χ4v) is 3.94. The van der Waals surface area contributed by atoms with Crippen molar-refractivity contribution in [1.29, 1.82) is 0 Å². The lowest BCUT2D eigenvalue weighted by Gasteiger charge is -2.30. The van der Waals surface area contributed by atoms with Crippen LogP contribution in [0.4, 0.5) is 5.69 Å². The number of benzene rings is 2. The number of nitrogens with one attached hydrogen (secondary N) is 1. The molecule has 0 aromatic heterocycles. The Hall–Kier alpha value is -2.67. The molecule has 0 saturated heterocycles. The number of amidine groups is 1. The first kappa shape index (κ1) is 20.1. The Morgan fingerprint density at radius 2 is 2.00 bits per heavy atom. The van der Waals surface area contributed by atoms with Crippen LogP contribution < -0.4 is 20.5 Å². The van der Waals surface area contributed by atoms with Crippen LogP contribution in [0, 0.1) is 0 Å². The summed E-state index contributed by atoms with van der Waals surface area (Å²) in [6, 6.07) is 14.9. The van der Waals surface area contributed by atoms with E-state index < -0.39 is 0 Å². The summed E-state index contributed by atoms with van der Waals surface area (Å²) >= 11 is 1.57. The molecular weight excluding hydrogens is 374 g/mol. The molecule has 1 atom stereocenters. The minimum atomic E-state index is -0.362. The summed E-state index contributed by atoms with van der Waals surface area (Å²) in [5.41, 5.74) is 7.27. The van der Waals surface area contributed by atoms with Crippen LogP contribution >= 0.6 is 11.8 Å². The van der Waals surface area contributed by atoms with Crippen LogP contribution in [0.5, 0.6) is 11.5 Å². The van der Waals surface area contributed by atoms with Crippen LogP contribution in [0.25, 0.3) is 0 Å². The molecule has 1 unspecified atom stereocenters. The molecule has 0 radical (unpaired) electrons. The summed E-state index contributed by atoms with van der Waals surface area (Å²) in [4.78, 5) is 16.8. The predicted octanol–water partition coefficient (Wildman–Crippen LogP) is 3.77. The third kappa shape index (κ3) is 5.19. The van der Waals surface area contributed by atoms with Crippen molar-refractivity contribution in [3.63, 3.8) is 0 Å². The Bertz CT molecular complexity index is 854. The third-order valence-electron chi connectivity index (χ3n) is 4.47. The van der Waals surface area contributed by atoms with Crippen LogP contribution in [-0.4, -0.2) is 30.0 Å². The zero-order valence-electron chi connectivity index (χ0n) is 16.1. The van der Waals surface area contributed by atoms with E-state index in [0.717, 1.165) is 23.5 Å². The van der Waals surface area contributed by atoms with Crippen LogP contribution in [0.2, 0.25) is 0 Å². The van der Waals surface area contributed by atoms with Crippen molar-refractivity contribution in [3.8, 4) is 11.5 Å². The SMILES string of the molecule is CCOc1ccc(NC(=O)COc2cccc(C3(C)CCSC(N)=N3)c2)cc1. The largest absolute Gasteiger partial charge is 0.494 e. The Kier molecular flexibility index (Phi) is 6.46. The maximum Gasteiger partial charge on any atom is 0.262 e. The molecule has 0 spiro atoms. The van der Waals surface area contributed by atoms with Crippen molar-refractivity contribution >= 4 is 28.5 Å². The molecule has 2 aromatic carbocycles. The van der Waals surface area contributed by atoms with Crippen LogP contribution in [0.3, 0.4) is 0 Å². The van der Waals surface area contributed by atoms with Gasteiger partial charge in [-0.3, -0.25) is 9.79 Å². The van der Waals surface area contributed by atoms with E-state index in [-0.39, 0.29) is 18.1 Å². The van der Waals surface area contributed by atoms with Gasteiger partial charge in [0.15, 0.2) is 11.8 Å². The van der Waals surface area contributed by atoms with Gasteiger partial charge in [0.1, 0.15) is 11.5 Å². The van der Waals surface area contributed by atoms with E-state index in [2.05, 4.69) is 17.2 Å². The fourth-order valence-electron chi connectivity index (χ4n) is 2.96. The first-order valence-electron chi connectivity index (χ1n) is 9.23. The molecule has 0 fully saturated rings. The van der Waals surface area contributed by atoms with Gasteiger partial charge >= 0.3 is 0 Å². The van der Waals surface area contributed by atoms with Gasteiger partial charge in [0.2, 0.25) is 0 Å². The molecule has 1 amide bonds. The lowest BCUT2D eigenvalue weighted by atomic mass is 9.90. The van der Waals surface area contributed by atoms with Crippen LogP contribution in [-0.2, 0) is 10.3 Å².